The molecule has 0 saturated carbocycles. The summed E-state index contributed by atoms with van der Waals surface area (Å²) >= 11 is 0. The number of carbonyl (C=O) groups is 1. The summed E-state index contributed by atoms with van der Waals surface area (Å²) in [6.45, 7) is 4.13. The molecule has 5 nitrogen and oxygen atoms in total. The Balaban J connectivity index is 1.93. The Morgan fingerprint density at radius 2 is 2.36 bits per heavy atom. The van der Waals surface area contributed by atoms with E-state index in [1.807, 2.05) is 0 Å². The van der Waals surface area contributed by atoms with E-state index in [2.05, 4.69) is 17.1 Å². The first-order valence-corrected chi connectivity index (χ1v) is 8.43. The second kappa shape index (κ2) is 8.96. The lowest BCUT2D eigenvalue weighted by molar-refractivity contribution is -0.123. The summed E-state index contributed by atoms with van der Waals surface area (Å²) in [7, 11) is 0. The average molecular weight is 308 g/mol. The number of hydrogen-bond donors (Lipinski definition) is 2. The summed E-state index contributed by atoms with van der Waals surface area (Å²) in [6, 6.07) is 3.83. The van der Waals surface area contributed by atoms with Gasteiger partial charge in [0.1, 0.15) is 11.9 Å². The summed E-state index contributed by atoms with van der Waals surface area (Å²) in [6.07, 6.45) is 7.05. The van der Waals surface area contributed by atoms with Gasteiger partial charge < -0.3 is 14.8 Å². The molecule has 0 spiro atoms. The number of aliphatic hydroxyl groups is 1. The number of nitrogens with zero attached hydrogens (tertiary/aromatic N) is 1. The van der Waals surface area contributed by atoms with E-state index in [0.717, 1.165) is 38.8 Å². The number of hydrogen-bond acceptors (Lipinski definition) is 4. The highest BCUT2D eigenvalue weighted by Crippen LogP contribution is 2.26. The number of nitrogens with one attached hydrogen (secondary N) is 1. The molecule has 0 radical (unpaired) electrons. The van der Waals surface area contributed by atoms with Crippen molar-refractivity contribution in [1.82, 2.24) is 10.2 Å². The minimum atomic E-state index is -0.598. The van der Waals surface area contributed by atoms with Gasteiger partial charge in [0.2, 0.25) is 5.91 Å². The van der Waals surface area contributed by atoms with Gasteiger partial charge in [-0.05, 0) is 44.4 Å². The predicted molar refractivity (Wildman–Crippen MR) is 85.4 cm³/mol. The van der Waals surface area contributed by atoms with Crippen molar-refractivity contribution in [3.8, 4) is 0 Å². The van der Waals surface area contributed by atoms with Crippen LogP contribution in [0.25, 0.3) is 0 Å². The van der Waals surface area contributed by atoms with Gasteiger partial charge in [0.05, 0.1) is 12.8 Å². The van der Waals surface area contributed by atoms with E-state index < -0.39 is 6.10 Å². The van der Waals surface area contributed by atoms with Gasteiger partial charge in [0.25, 0.3) is 0 Å². The van der Waals surface area contributed by atoms with Crippen molar-refractivity contribution >= 4 is 5.91 Å². The molecule has 1 aromatic heterocycles. The van der Waals surface area contributed by atoms with E-state index in [1.54, 1.807) is 18.4 Å². The summed E-state index contributed by atoms with van der Waals surface area (Å²) in [5.74, 6) is 0.695. The van der Waals surface area contributed by atoms with E-state index in [9.17, 15) is 9.90 Å². The molecule has 1 amide bonds. The van der Waals surface area contributed by atoms with Gasteiger partial charge in [-0.2, -0.15) is 0 Å². The first kappa shape index (κ1) is 17.0. The standard InChI is InChI=1S/C17H28N2O3/c1-2-9-18-17(21)13-19-10-5-3-4-7-14(19)12-15(20)16-8-6-11-22-16/h6,8,11,14-15,20H,2-5,7,9-10,12-13H2,1H3,(H,18,21). The van der Waals surface area contributed by atoms with E-state index in [1.165, 1.54) is 6.42 Å². The highest BCUT2D eigenvalue weighted by Gasteiger charge is 2.26. The van der Waals surface area contributed by atoms with Gasteiger partial charge in [-0.3, -0.25) is 9.69 Å². The fraction of sp³-hybridized carbons (Fsp3) is 0.706. The largest absolute Gasteiger partial charge is 0.467 e. The minimum absolute atomic E-state index is 0.0845. The van der Waals surface area contributed by atoms with Gasteiger partial charge in [-0.1, -0.05) is 19.8 Å². The lowest BCUT2D eigenvalue weighted by atomic mass is 10.0. The summed E-state index contributed by atoms with van der Waals surface area (Å²) in [4.78, 5) is 14.2. The van der Waals surface area contributed by atoms with Crippen LogP contribution in [0.3, 0.4) is 0 Å². The molecule has 1 saturated heterocycles. The summed E-state index contributed by atoms with van der Waals surface area (Å²) in [5.41, 5.74) is 0. The molecule has 22 heavy (non-hydrogen) atoms. The lowest BCUT2D eigenvalue weighted by Gasteiger charge is -2.30. The molecular formula is C17H28N2O3. The molecule has 1 fully saturated rings. The fourth-order valence-corrected chi connectivity index (χ4v) is 3.07. The quantitative estimate of drug-likeness (QED) is 0.812. The first-order valence-electron chi connectivity index (χ1n) is 8.43. The molecule has 0 aromatic carbocycles. The predicted octanol–water partition coefficient (Wildman–Crippen LogP) is 2.47. The molecule has 0 aliphatic carbocycles. The van der Waals surface area contributed by atoms with Crippen LogP contribution in [0, 0.1) is 0 Å². The van der Waals surface area contributed by atoms with Crippen molar-refractivity contribution in [2.24, 2.45) is 0 Å². The molecule has 2 unspecified atom stereocenters. The van der Waals surface area contributed by atoms with Crippen molar-refractivity contribution in [1.29, 1.82) is 0 Å². The Kier molecular flexibility index (Phi) is 6.93. The van der Waals surface area contributed by atoms with Gasteiger partial charge >= 0.3 is 0 Å². The maximum atomic E-state index is 12.0. The molecule has 124 valence electrons. The van der Waals surface area contributed by atoms with Crippen molar-refractivity contribution in [2.75, 3.05) is 19.6 Å². The third-order valence-corrected chi connectivity index (χ3v) is 4.28. The van der Waals surface area contributed by atoms with E-state index in [4.69, 9.17) is 4.42 Å². The van der Waals surface area contributed by atoms with Gasteiger partial charge in [0, 0.05) is 12.6 Å². The maximum Gasteiger partial charge on any atom is 0.234 e. The lowest BCUT2D eigenvalue weighted by Crippen LogP contribution is -2.43. The van der Waals surface area contributed by atoms with Crippen molar-refractivity contribution in [2.45, 2.75) is 57.6 Å². The van der Waals surface area contributed by atoms with Crippen molar-refractivity contribution < 1.29 is 14.3 Å². The third-order valence-electron chi connectivity index (χ3n) is 4.28. The number of likely N-dealkylation sites (tertiary alicyclic amines) is 1. The SMILES string of the molecule is CCCNC(=O)CN1CCCCCC1CC(O)c1ccco1. The van der Waals surface area contributed by atoms with Crippen LogP contribution in [0.4, 0.5) is 0 Å². The molecule has 1 aliphatic heterocycles. The highest BCUT2D eigenvalue weighted by molar-refractivity contribution is 5.78. The number of amides is 1. The van der Waals surface area contributed by atoms with E-state index in [0.29, 0.717) is 18.7 Å². The smallest absolute Gasteiger partial charge is 0.234 e. The molecule has 1 aliphatic rings. The Bertz CT molecular complexity index is 433. The topological polar surface area (TPSA) is 65.7 Å². The zero-order valence-corrected chi connectivity index (χ0v) is 13.5. The average Bonchev–Trinajstić information content (AvgIpc) is 2.97. The Hall–Kier alpha value is -1.33. The van der Waals surface area contributed by atoms with Crippen LogP contribution in [-0.2, 0) is 4.79 Å². The van der Waals surface area contributed by atoms with Crippen LogP contribution < -0.4 is 5.32 Å². The molecule has 0 bridgehead atoms. The van der Waals surface area contributed by atoms with Crippen LogP contribution in [0.1, 0.15) is 57.3 Å². The van der Waals surface area contributed by atoms with Gasteiger partial charge in [-0.25, -0.2) is 0 Å². The van der Waals surface area contributed by atoms with E-state index >= 15 is 0 Å². The number of rotatable bonds is 7. The van der Waals surface area contributed by atoms with Gasteiger partial charge in [-0.15, -0.1) is 0 Å². The monoisotopic (exact) mass is 308 g/mol. The summed E-state index contributed by atoms with van der Waals surface area (Å²) in [5, 5.41) is 13.3. The zero-order valence-electron chi connectivity index (χ0n) is 13.5. The normalized spacial score (nSPS) is 21.3. The van der Waals surface area contributed by atoms with Crippen LogP contribution >= 0.6 is 0 Å². The molecule has 2 heterocycles. The Labute approximate surface area is 132 Å². The van der Waals surface area contributed by atoms with Crippen LogP contribution in [0.5, 0.6) is 0 Å². The van der Waals surface area contributed by atoms with Crippen LogP contribution in [0.15, 0.2) is 22.8 Å². The molecule has 1 aromatic rings. The molecular weight excluding hydrogens is 280 g/mol. The number of furan rings is 1. The number of carbonyl (C=O) groups excluding carboxylic acids is 1. The van der Waals surface area contributed by atoms with Gasteiger partial charge in [0.15, 0.2) is 0 Å². The summed E-state index contributed by atoms with van der Waals surface area (Å²) < 4.78 is 5.29. The van der Waals surface area contributed by atoms with Crippen molar-refractivity contribution in [3.05, 3.63) is 24.2 Å². The second-order valence-corrected chi connectivity index (χ2v) is 6.09. The maximum absolute atomic E-state index is 12.0. The number of aliphatic hydroxyl groups excluding tert-OH is 1. The fourth-order valence-electron chi connectivity index (χ4n) is 3.07. The Morgan fingerprint density at radius 1 is 1.50 bits per heavy atom. The second-order valence-electron chi connectivity index (χ2n) is 6.09. The van der Waals surface area contributed by atoms with Crippen LogP contribution in [-0.4, -0.2) is 41.6 Å². The van der Waals surface area contributed by atoms with Crippen molar-refractivity contribution in [3.63, 3.8) is 0 Å². The van der Waals surface area contributed by atoms with Crippen LogP contribution in [0.2, 0.25) is 0 Å². The molecule has 2 rings (SSSR count). The zero-order chi connectivity index (χ0) is 15.8. The third kappa shape index (κ3) is 5.14. The first-order chi connectivity index (χ1) is 10.7. The molecule has 5 heteroatoms. The highest BCUT2D eigenvalue weighted by atomic mass is 16.4. The Morgan fingerprint density at radius 3 is 3.09 bits per heavy atom. The molecule has 2 atom stereocenters. The minimum Gasteiger partial charge on any atom is -0.467 e. The van der Waals surface area contributed by atoms with E-state index in [-0.39, 0.29) is 11.9 Å². The molecule has 2 N–H and O–H groups in total.